The first-order chi connectivity index (χ1) is 26.7. The normalized spacial score (nSPS) is 24.6. The first-order valence-electron chi connectivity index (χ1n) is 20.2. The molecule has 13 rings (SSSR count). The van der Waals surface area contributed by atoms with Crippen molar-refractivity contribution in [2.45, 2.75) is 50.4 Å². The Morgan fingerprint density at radius 1 is 0.519 bits per heavy atom. The molecule has 7 aromatic rings. The molecule has 4 fully saturated rings. The van der Waals surface area contributed by atoms with Crippen LogP contribution in [-0.4, -0.2) is 0 Å². The topological polar surface area (TPSA) is 16.4 Å². The molecule has 4 saturated carbocycles. The lowest BCUT2D eigenvalue weighted by Crippen LogP contribution is -2.55. The molecule has 6 aromatic carbocycles. The molecule has 0 unspecified atom stereocenters. The van der Waals surface area contributed by atoms with Crippen molar-refractivity contribution in [2.24, 2.45) is 23.7 Å². The molecule has 1 heterocycles. The van der Waals surface area contributed by atoms with Crippen LogP contribution in [0.15, 0.2) is 156 Å². The van der Waals surface area contributed by atoms with Gasteiger partial charge < -0.3 is 9.32 Å². The van der Waals surface area contributed by atoms with Crippen LogP contribution in [0.2, 0.25) is 0 Å². The molecule has 6 aliphatic carbocycles. The Balaban J connectivity index is 1.00. The third kappa shape index (κ3) is 4.46. The van der Waals surface area contributed by atoms with Crippen LogP contribution < -0.4 is 4.90 Å². The van der Waals surface area contributed by atoms with Crippen molar-refractivity contribution in [1.82, 2.24) is 0 Å². The fourth-order valence-corrected chi connectivity index (χ4v) is 12.1. The molecule has 1 aromatic heterocycles. The maximum Gasteiger partial charge on any atom is 0.135 e. The van der Waals surface area contributed by atoms with E-state index in [-0.39, 0.29) is 5.41 Å². The predicted octanol–water partition coefficient (Wildman–Crippen LogP) is 14.2. The summed E-state index contributed by atoms with van der Waals surface area (Å²) in [6.45, 7) is 0. The minimum absolute atomic E-state index is 0.117. The molecule has 1 spiro atoms. The van der Waals surface area contributed by atoms with E-state index < -0.39 is 0 Å². The smallest absolute Gasteiger partial charge is 0.135 e. The summed E-state index contributed by atoms with van der Waals surface area (Å²) in [6.07, 6.45) is 15.9. The second-order valence-corrected chi connectivity index (χ2v) is 16.8. The van der Waals surface area contributed by atoms with Gasteiger partial charge in [0.05, 0.1) is 0 Å². The monoisotopic (exact) mass is 697 g/mol. The fourth-order valence-electron chi connectivity index (χ4n) is 12.1. The minimum atomic E-state index is 0.117. The van der Waals surface area contributed by atoms with E-state index >= 15 is 0 Å². The number of hydrogen-bond donors (Lipinski definition) is 0. The van der Waals surface area contributed by atoms with Gasteiger partial charge in [-0.1, -0.05) is 103 Å². The Bertz CT molecular complexity index is 2640. The first-order valence-corrected chi connectivity index (χ1v) is 20.2. The van der Waals surface area contributed by atoms with Crippen LogP contribution in [0.1, 0.15) is 61.6 Å². The van der Waals surface area contributed by atoms with Crippen molar-refractivity contribution in [3.05, 3.63) is 168 Å². The van der Waals surface area contributed by atoms with Crippen LogP contribution in [0, 0.1) is 23.7 Å². The number of fused-ring (bicyclic) bond motifs is 6. The molecule has 2 nitrogen and oxygen atoms in total. The lowest BCUT2D eigenvalue weighted by molar-refractivity contribution is -0.0399. The molecule has 2 heteroatoms. The van der Waals surface area contributed by atoms with Crippen molar-refractivity contribution < 1.29 is 4.42 Å². The highest BCUT2D eigenvalue weighted by Crippen LogP contribution is 2.69. The number of nitrogens with zero attached hydrogens (tertiary/aromatic N) is 1. The summed E-state index contributed by atoms with van der Waals surface area (Å²) in [5, 5.41) is 2.31. The molecule has 0 aliphatic heterocycles. The van der Waals surface area contributed by atoms with E-state index in [0.717, 1.165) is 69.8 Å². The second kappa shape index (κ2) is 11.7. The van der Waals surface area contributed by atoms with Gasteiger partial charge >= 0.3 is 0 Å². The molecule has 262 valence electrons. The number of anilines is 3. The van der Waals surface area contributed by atoms with Crippen LogP contribution in [-0.2, 0) is 5.41 Å². The number of para-hydroxylation sites is 1. The van der Waals surface area contributed by atoms with Gasteiger partial charge in [-0.05, 0) is 162 Å². The van der Waals surface area contributed by atoms with Crippen molar-refractivity contribution in [1.29, 1.82) is 0 Å². The Kier molecular flexibility index (Phi) is 6.68. The van der Waals surface area contributed by atoms with Crippen molar-refractivity contribution in [3.8, 4) is 22.3 Å². The Hall–Kier alpha value is -5.60. The number of furan rings is 1. The zero-order valence-corrected chi connectivity index (χ0v) is 30.5. The van der Waals surface area contributed by atoms with Crippen molar-refractivity contribution in [2.75, 3.05) is 4.90 Å². The zero-order chi connectivity index (χ0) is 35.4. The van der Waals surface area contributed by atoms with Gasteiger partial charge in [0.25, 0.3) is 0 Å². The highest BCUT2D eigenvalue weighted by atomic mass is 16.3. The van der Waals surface area contributed by atoms with Crippen LogP contribution in [0.25, 0.3) is 49.8 Å². The summed E-state index contributed by atoms with van der Waals surface area (Å²) in [6, 6.07) is 50.4. The van der Waals surface area contributed by atoms with Crippen LogP contribution in [0.4, 0.5) is 17.1 Å². The number of allylic oxidation sites excluding steroid dienone is 4. The van der Waals surface area contributed by atoms with Crippen LogP contribution in [0.5, 0.6) is 0 Å². The minimum Gasteiger partial charge on any atom is -0.456 e. The average Bonchev–Trinajstić information content (AvgIpc) is 3.74. The van der Waals surface area contributed by atoms with E-state index in [1.807, 2.05) is 0 Å². The third-order valence-corrected chi connectivity index (χ3v) is 14.1. The number of hydrogen-bond acceptors (Lipinski definition) is 2. The summed E-state index contributed by atoms with van der Waals surface area (Å²) < 4.78 is 6.31. The predicted molar refractivity (Wildman–Crippen MR) is 223 cm³/mol. The largest absolute Gasteiger partial charge is 0.456 e. The lowest BCUT2D eigenvalue weighted by Gasteiger charge is -2.61. The van der Waals surface area contributed by atoms with Crippen LogP contribution in [0.3, 0.4) is 0 Å². The van der Waals surface area contributed by atoms with E-state index in [4.69, 9.17) is 4.42 Å². The van der Waals surface area contributed by atoms with E-state index in [1.165, 1.54) is 71.2 Å². The van der Waals surface area contributed by atoms with E-state index in [0.29, 0.717) is 0 Å². The zero-order valence-electron chi connectivity index (χ0n) is 30.5. The van der Waals surface area contributed by atoms with E-state index in [9.17, 15) is 0 Å². The van der Waals surface area contributed by atoms with Gasteiger partial charge in [0.15, 0.2) is 0 Å². The molecule has 0 saturated heterocycles. The standard InChI is InChI=1S/C52H43NO/c1-2-8-35(9-3-1)36-14-16-37(17-15-36)38-18-20-41(21-19-38)53(42-23-25-51-47(31-42)46-11-5-7-13-50(46)54-51)43-22-24-45-44-10-4-6-12-48(44)52(49(45)32-43)39-27-33-26-34(29-39)30-40(52)28-33/h1-2,4-8,10-25,31-34,39-40H,3,9,26-30H2. The third-order valence-electron chi connectivity index (χ3n) is 14.1. The van der Waals surface area contributed by atoms with Gasteiger partial charge in [0.2, 0.25) is 0 Å². The molecule has 54 heavy (non-hydrogen) atoms. The summed E-state index contributed by atoms with van der Waals surface area (Å²) in [5.41, 5.74) is 16.8. The number of benzene rings is 6. The first kappa shape index (κ1) is 30.8. The summed E-state index contributed by atoms with van der Waals surface area (Å²) in [5.74, 6) is 3.29. The molecule has 6 aliphatic rings. The molecule has 0 N–H and O–H groups in total. The molecule has 0 atom stereocenters. The fraction of sp³-hybridized carbons (Fsp3) is 0.231. The van der Waals surface area contributed by atoms with Gasteiger partial charge in [0.1, 0.15) is 11.2 Å². The van der Waals surface area contributed by atoms with Gasteiger partial charge in [-0.15, -0.1) is 0 Å². The van der Waals surface area contributed by atoms with E-state index in [1.54, 1.807) is 11.1 Å². The lowest BCUT2D eigenvalue weighted by atomic mass is 9.43. The maximum atomic E-state index is 6.31. The van der Waals surface area contributed by atoms with Gasteiger partial charge in [-0.25, -0.2) is 0 Å². The molecule has 0 amide bonds. The highest BCUT2D eigenvalue weighted by molar-refractivity contribution is 6.06. The summed E-state index contributed by atoms with van der Waals surface area (Å²) in [7, 11) is 0. The molecular formula is C52H43NO. The second-order valence-electron chi connectivity index (χ2n) is 16.8. The average molecular weight is 698 g/mol. The Morgan fingerprint density at radius 2 is 1.15 bits per heavy atom. The van der Waals surface area contributed by atoms with E-state index in [2.05, 4.69) is 157 Å². The Morgan fingerprint density at radius 3 is 1.93 bits per heavy atom. The maximum absolute atomic E-state index is 6.31. The summed E-state index contributed by atoms with van der Waals surface area (Å²) >= 11 is 0. The quantitative estimate of drug-likeness (QED) is 0.178. The molecular weight excluding hydrogens is 655 g/mol. The Labute approximate surface area is 317 Å². The van der Waals surface area contributed by atoms with Crippen molar-refractivity contribution >= 4 is 44.6 Å². The van der Waals surface area contributed by atoms with Gasteiger partial charge in [0, 0.05) is 33.2 Å². The summed E-state index contributed by atoms with van der Waals surface area (Å²) in [4.78, 5) is 2.49. The number of rotatable bonds is 5. The highest BCUT2D eigenvalue weighted by Gasteiger charge is 2.61. The molecule has 0 radical (unpaired) electrons. The SMILES string of the molecule is C1=CCCC(c2ccc(-c3ccc(N(c4ccc5c(c4)C4(c6ccccc6-5)C5CC6CC(C5)CC4C6)c4ccc5oc6ccccc6c5c4)cc3)cc2)=C1. The molecule has 4 bridgehead atoms. The van der Waals surface area contributed by atoms with Crippen LogP contribution >= 0.6 is 0 Å². The van der Waals surface area contributed by atoms with Gasteiger partial charge in [-0.3, -0.25) is 0 Å². The van der Waals surface area contributed by atoms with Gasteiger partial charge in [-0.2, -0.15) is 0 Å². The van der Waals surface area contributed by atoms with Crippen molar-refractivity contribution in [3.63, 3.8) is 0 Å².